The van der Waals surface area contributed by atoms with Gasteiger partial charge in [-0.2, -0.15) is 0 Å². The topological polar surface area (TPSA) is 12.0 Å². The van der Waals surface area contributed by atoms with Gasteiger partial charge < -0.3 is 0 Å². The molecule has 0 radical (unpaired) electrons. The molecule has 0 aliphatic rings. The van der Waals surface area contributed by atoms with Crippen LogP contribution in [0.2, 0.25) is 0 Å². The van der Waals surface area contributed by atoms with Crippen LogP contribution in [0.5, 0.6) is 0 Å². The van der Waals surface area contributed by atoms with Crippen LogP contribution in [0.15, 0.2) is 0 Å². The summed E-state index contributed by atoms with van der Waals surface area (Å²) in [5.41, 5.74) is 1.40. The van der Waals surface area contributed by atoms with Gasteiger partial charge in [-0.3, -0.25) is 0 Å². The van der Waals surface area contributed by atoms with Crippen LogP contribution in [0.1, 0.15) is 6.92 Å². The van der Waals surface area contributed by atoms with Crippen LogP contribution >= 0.6 is 0 Å². The minimum Gasteiger partial charge on any atom is -0.147 e. The van der Waals surface area contributed by atoms with Crippen molar-refractivity contribution in [3.63, 3.8) is 0 Å². The van der Waals surface area contributed by atoms with Gasteiger partial charge in [0.2, 0.25) is 0 Å². The molecule has 0 aromatic rings. The Hall–Kier alpha value is -0.550. The molecule has 0 bridgehead atoms. The lowest BCUT2D eigenvalue weighted by molar-refractivity contribution is 0.360. The Labute approximate surface area is 36.5 Å². The lowest BCUT2D eigenvalue weighted by Crippen LogP contribution is -1.97. The van der Waals surface area contributed by atoms with Crippen molar-refractivity contribution in [3.05, 3.63) is 0 Å². The fourth-order valence-electron chi connectivity index (χ4n) is 0.122. The van der Waals surface area contributed by atoms with Crippen molar-refractivity contribution in [1.29, 1.82) is 0 Å². The second kappa shape index (κ2) is 4.45. The Morgan fingerprint density at radius 3 is 2.67 bits per heavy atom. The van der Waals surface area contributed by atoms with Gasteiger partial charge in [0, 0.05) is 0 Å². The van der Waals surface area contributed by atoms with E-state index >= 15 is 0 Å². The van der Waals surface area contributed by atoms with E-state index in [9.17, 15) is 4.48 Å². The van der Waals surface area contributed by atoms with E-state index in [0.29, 0.717) is 0 Å². The predicted octanol–water partition coefficient (Wildman–Crippen LogP) is 0.484. The van der Waals surface area contributed by atoms with Crippen LogP contribution in [-0.2, 0) is 0 Å². The van der Waals surface area contributed by atoms with Crippen molar-refractivity contribution >= 4 is 0 Å². The largest absolute Gasteiger partial charge is 0.147 e. The van der Waals surface area contributed by atoms with Gasteiger partial charge in [0.05, 0.1) is 6.54 Å². The molecule has 0 rings (SSSR count). The lowest BCUT2D eigenvalue weighted by Gasteiger charge is -1.72. The van der Waals surface area contributed by atoms with E-state index in [0.717, 1.165) is 0 Å². The van der Waals surface area contributed by atoms with E-state index in [1.165, 1.54) is 5.54 Å². The highest BCUT2D eigenvalue weighted by molar-refractivity contribution is 4.95. The van der Waals surface area contributed by atoms with Crippen molar-refractivity contribution in [3.8, 4) is 11.8 Å². The highest BCUT2D eigenvalue weighted by Gasteiger charge is 1.63. The maximum atomic E-state index is 10.8. The molecule has 0 aromatic carbocycles. The first-order valence-electron chi connectivity index (χ1n) is 1.65. The zero-order valence-corrected chi connectivity index (χ0v) is 3.59. The van der Waals surface area contributed by atoms with Crippen LogP contribution in [-0.4, -0.2) is 6.54 Å². The number of hydrogen-bond acceptors (Lipinski definition) is 1. The second-order valence-corrected chi connectivity index (χ2v) is 0.737. The van der Waals surface area contributed by atoms with Crippen LogP contribution < -0.4 is 5.54 Å². The van der Waals surface area contributed by atoms with Gasteiger partial charge in [0.1, 0.15) is 0 Å². The third-order valence-corrected chi connectivity index (χ3v) is 0.332. The summed E-state index contributed by atoms with van der Waals surface area (Å²) in [4.78, 5) is 0. The quantitative estimate of drug-likeness (QED) is 0.362. The molecule has 0 amide bonds. The molecule has 0 spiro atoms. The number of nitrogens with one attached hydrogen (secondary N) is 1. The van der Waals surface area contributed by atoms with Crippen molar-refractivity contribution in [1.82, 2.24) is 5.54 Å². The highest BCUT2D eigenvalue weighted by atomic mass is 19.2. The standard InChI is InChI=1S/C4H6FN/c1-2-3-4-6-5/h6H,4H2,1H3. The Bertz CT molecular complexity index is 69.4. The van der Waals surface area contributed by atoms with Gasteiger partial charge in [-0.05, 0) is 6.92 Å². The van der Waals surface area contributed by atoms with Crippen molar-refractivity contribution in [2.45, 2.75) is 6.92 Å². The summed E-state index contributed by atoms with van der Waals surface area (Å²) in [5, 5.41) is 0. The third kappa shape index (κ3) is 3.45. The average molecular weight is 87.1 g/mol. The molecule has 0 aliphatic heterocycles. The Balaban J connectivity index is 2.79. The normalized spacial score (nSPS) is 6.33. The van der Waals surface area contributed by atoms with E-state index in [-0.39, 0.29) is 6.54 Å². The maximum Gasteiger partial charge on any atom is 0.0870 e. The van der Waals surface area contributed by atoms with Crippen molar-refractivity contribution in [2.75, 3.05) is 6.54 Å². The van der Waals surface area contributed by atoms with E-state index in [2.05, 4.69) is 11.8 Å². The molecule has 0 fully saturated rings. The van der Waals surface area contributed by atoms with E-state index in [4.69, 9.17) is 0 Å². The van der Waals surface area contributed by atoms with Gasteiger partial charge in [-0.1, -0.05) is 5.92 Å². The summed E-state index contributed by atoms with van der Waals surface area (Å²) in [7, 11) is 0. The van der Waals surface area contributed by atoms with Gasteiger partial charge in [0.25, 0.3) is 0 Å². The Morgan fingerprint density at radius 2 is 2.50 bits per heavy atom. The first kappa shape index (κ1) is 5.45. The predicted molar refractivity (Wildman–Crippen MR) is 22.6 cm³/mol. The zero-order chi connectivity index (χ0) is 4.83. The van der Waals surface area contributed by atoms with E-state index < -0.39 is 0 Å². The molecule has 0 atom stereocenters. The summed E-state index contributed by atoms with van der Waals surface area (Å²) >= 11 is 0. The van der Waals surface area contributed by atoms with E-state index in [1.54, 1.807) is 6.92 Å². The molecule has 0 heterocycles. The van der Waals surface area contributed by atoms with Crippen LogP contribution in [0.4, 0.5) is 4.48 Å². The van der Waals surface area contributed by atoms with E-state index in [1.807, 2.05) is 0 Å². The van der Waals surface area contributed by atoms with Crippen LogP contribution in [0.25, 0.3) is 0 Å². The SMILES string of the molecule is CC#CCNF. The molecule has 1 nitrogen and oxygen atoms in total. The number of hydrogen-bond donors (Lipinski definition) is 1. The van der Waals surface area contributed by atoms with Crippen molar-refractivity contribution < 1.29 is 4.48 Å². The molecule has 1 N–H and O–H groups in total. The van der Waals surface area contributed by atoms with Gasteiger partial charge >= 0.3 is 0 Å². The molecule has 0 saturated carbocycles. The summed E-state index contributed by atoms with van der Waals surface area (Å²) in [6.45, 7) is 1.80. The number of halogens is 1. The third-order valence-electron chi connectivity index (χ3n) is 0.332. The molecule has 0 aromatic heterocycles. The zero-order valence-electron chi connectivity index (χ0n) is 3.59. The molecule has 0 unspecified atom stereocenters. The van der Waals surface area contributed by atoms with Gasteiger partial charge in [-0.25, -0.2) is 0 Å². The fourth-order valence-corrected chi connectivity index (χ4v) is 0.122. The van der Waals surface area contributed by atoms with Gasteiger partial charge in [0.15, 0.2) is 0 Å². The van der Waals surface area contributed by atoms with Gasteiger partial charge in [-0.15, -0.1) is 15.9 Å². The summed E-state index contributed by atoms with van der Waals surface area (Å²) < 4.78 is 10.8. The summed E-state index contributed by atoms with van der Waals surface area (Å²) in [6, 6.07) is 0. The first-order valence-corrected chi connectivity index (χ1v) is 1.65. The lowest BCUT2D eigenvalue weighted by atomic mass is 10.6. The fraction of sp³-hybridized carbons (Fsp3) is 0.500. The smallest absolute Gasteiger partial charge is 0.0870 e. The summed E-state index contributed by atoms with van der Waals surface area (Å²) in [5.74, 6) is 4.98. The highest BCUT2D eigenvalue weighted by Crippen LogP contribution is 1.51. The minimum absolute atomic E-state index is 0.135. The minimum atomic E-state index is 0.135. The molecular weight excluding hydrogens is 81.0 g/mol. The van der Waals surface area contributed by atoms with Crippen LogP contribution in [0, 0.1) is 11.8 Å². The van der Waals surface area contributed by atoms with Crippen LogP contribution in [0.3, 0.4) is 0 Å². The Morgan fingerprint density at radius 1 is 1.83 bits per heavy atom. The molecule has 2 heteroatoms. The second-order valence-electron chi connectivity index (χ2n) is 0.737. The Kier molecular flexibility index (Phi) is 4.04. The molecular formula is C4H6FN. The van der Waals surface area contributed by atoms with Crippen molar-refractivity contribution in [2.24, 2.45) is 0 Å². The molecule has 6 heavy (non-hydrogen) atoms. The molecule has 0 aliphatic carbocycles. The monoisotopic (exact) mass is 87.0 g/mol. The first-order chi connectivity index (χ1) is 2.91. The number of rotatable bonds is 1. The maximum absolute atomic E-state index is 10.8. The average Bonchev–Trinajstić information content (AvgIpc) is 1.61. The molecule has 0 saturated heterocycles. The molecule has 34 valence electrons. The summed E-state index contributed by atoms with van der Waals surface area (Å²) in [6.07, 6.45) is 0.